The SMILES string of the molecule is Cc1cccc(C(=O)NC(C)(C)C(N)=S)c1O. The van der Waals surface area contributed by atoms with Crippen molar-refractivity contribution < 1.29 is 9.90 Å². The fourth-order valence-electron chi connectivity index (χ4n) is 1.25. The number of phenols is 1. The van der Waals surface area contributed by atoms with E-state index in [4.69, 9.17) is 18.0 Å². The molecule has 1 aromatic rings. The van der Waals surface area contributed by atoms with Gasteiger partial charge in [0.1, 0.15) is 5.75 Å². The Kier molecular flexibility index (Phi) is 3.72. The Morgan fingerprint density at radius 3 is 2.59 bits per heavy atom. The zero-order valence-corrected chi connectivity index (χ0v) is 10.9. The summed E-state index contributed by atoms with van der Waals surface area (Å²) in [5.41, 5.74) is 5.59. The van der Waals surface area contributed by atoms with E-state index in [9.17, 15) is 9.90 Å². The summed E-state index contributed by atoms with van der Waals surface area (Å²) in [6, 6.07) is 4.98. The molecular weight excluding hydrogens is 236 g/mol. The van der Waals surface area contributed by atoms with Crippen LogP contribution in [0.1, 0.15) is 29.8 Å². The first-order valence-electron chi connectivity index (χ1n) is 5.16. The van der Waals surface area contributed by atoms with Gasteiger partial charge in [-0.15, -0.1) is 0 Å². The largest absolute Gasteiger partial charge is 0.507 e. The Morgan fingerprint density at radius 1 is 1.47 bits per heavy atom. The molecule has 0 spiro atoms. The van der Waals surface area contributed by atoms with Crippen LogP contribution < -0.4 is 11.1 Å². The van der Waals surface area contributed by atoms with Crippen LogP contribution in [0, 0.1) is 6.92 Å². The van der Waals surface area contributed by atoms with Gasteiger partial charge in [0, 0.05) is 0 Å². The number of nitrogens with two attached hydrogens (primary N) is 1. The van der Waals surface area contributed by atoms with Crippen molar-refractivity contribution in [1.82, 2.24) is 5.32 Å². The van der Waals surface area contributed by atoms with E-state index >= 15 is 0 Å². The quantitative estimate of drug-likeness (QED) is 0.713. The molecule has 0 saturated carbocycles. The summed E-state index contributed by atoms with van der Waals surface area (Å²) in [5, 5.41) is 12.5. The molecule has 1 aromatic carbocycles. The Balaban J connectivity index is 2.99. The minimum absolute atomic E-state index is 0.0243. The first-order valence-corrected chi connectivity index (χ1v) is 5.57. The maximum absolute atomic E-state index is 12.0. The van der Waals surface area contributed by atoms with E-state index in [1.54, 1.807) is 39.0 Å². The van der Waals surface area contributed by atoms with Crippen LogP contribution in [-0.2, 0) is 0 Å². The van der Waals surface area contributed by atoms with Crippen LogP contribution in [0.2, 0.25) is 0 Å². The average Bonchev–Trinajstić information content (AvgIpc) is 2.21. The minimum Gasteiger partial charge on any atom is -0.507 e. The van der Waals surface area contributed by atoms with Crippen LogP contribution in [0.4, 0.5) is 0 Å². The molecule has 17 heavy (non-hydrogen) atoms. The van der Waals surface area contributed by atoms with Gasteiger partial charge < -0.3 is 16.2 Å². The van der Waals surface area contributed by atoms with Crippen molar-refractivity contribution in [1.29, 1.82) is 0 Å². The number of hydrogen-bond acceptors (Lipinski definition) is 3. The normalized spacial score (nSPS) is 11.0. The monoisotopic (exact) mass is 252 g/mol. The molecule has 0 aliphatic rings. The number of carbonyl (C=O) groups excluding carboxylic acids is 1. The first kappa shape index (κ1) is 13.4. The van der Waals surface area contributed by atoms with Crippen molar-refractivity contribution in [2.75, 3.05) is 0 Å². The third-order valence-corrected chi connectivity index (χ3v) is 3.03. The Hall–Kier alpha value is -1.62. The van der Waals surface area contributed by atoms with Crippen molar-refractivity contribution in [2.45, 2.75) is 26.3 Å². The molecule has 0 heterocycles. The third-order valence-electron chi connectivity index (χ3n) is 2.52. The van der Waals surface area contributed by atoms with Gasteiger partial charge in [-0.1, -0.05) is 24.4 Å². The molecule has 0 aliphatic heterocycles. The number of aryl methyl sites for hydroxylation is 1. The molecule has 4 nitrogen and oxygen atoms in total. The maximum Gasteiger partial charge on any atom is 0.255 e. The number of carbonyl (C=O) groups is 1. The number of nitrogens with one attached hydrogen (secondary N) is 1. The standard InChI is InChI=1S/C12H16N2O2S/c1-7-5-4-6-8(9(7)15)10(16)14-12(2,3)11(13)17/h4-6,15H,1-3H3,(H2,13,17)(H,14,16). The number of rotatable bonds is 3. The molecule has 0 saturated heterocycles. The van der Waals surface area contributed by atoms with Gasteiger partial charge in [0.05, 0.1) is 16.1 Å². The van der Waals surface area contributed by atoms with Gasteiger partial charge in [-0.05, 0) is 32.4 Å². The van der Waals surface area contributed by atoms with Crippen LogP contribution in [0.25, 0.3) is 0 Å². The van der Waals surface area contributed by atoms with Crippen molar-refractivity contribution in [3.8, 4) is 5.75 Å². The second kappa shape index (κ2) is 4.71. The molecule has 5 heteroatoms. The number of aromatic hydroxyl groups is 1. The van der Waals surface area contributed by atoms with Gasteiger partial charge in [0.15, 0.2) is 0 Å². The number of hydrogen-bond donors (Lipinski definition) is 3. The van der Waals surface area contributed by atoms with Crippen molar-refractivity contribution >= 4 is 23.1 Å². The molecular formula is C12H16N2O2S. The van der Waals surface area contributed by atoms with Gasteiger partial charge >= 0.3 is 0 Å². The van der Waals surface area contributed by atoms with Crippen LogP contribution in [-0.4, -0.2) is 21.5 Å². The molecule has 92 valence electrons. The Morgan fingerprint density at radius 2 is 2.06 bits per heavy atom. The highest BCUT2D eigenvalue weighted by Crippen LogP contribution is 2.21. The van der Waals surface area contributed by atoms with Crippen molar-refractivity contribution in [3.05, 3.63) is 29.3 Å². The maximum atomic E-state index is 12.0. The predicted octanol–water partition coefficient (Wildman–Crippen LogP) is 1.50. The first-order chi connectivity index (χ1) is 7.75. The molecule has 0 bridgehead atoms. The third kappa shape index (κ3) is 2.94. The van der Waals surface area contributed by atoms with E-state index in [1.807, 2.05) is 0 Å². The van der Waals surface area contributed by atoms with Gasteiger partial charge in [-0.2, -0.15) is 0 Å². The van der Waals surface area contributed by atoms with Crippen LogP contribution in [0.15, 0.2) is 18.2 Å². The van der Waals surface area contributed by atoms with Crippen molar-refractivity contribution in [2.24, 2.45) is 5.73 Å². The molecule has 0 atom stereocenters. The zero-order valence-electron chi connectivity index (χ0n) is 10.1. The summed E-state index contributed by atoms with van der Waals surface area (Å²) in [4.78, 5) is 12.1. The molecule has 1 amide bonds. The van der Waals surface area contributed by atoms with Gasteiger partial charge in [-0.3, -0.25) is 4.79 Å². The number of phenolic OH excluding ortho intramolecular Hbond substituents is 1. The smallest absolute Gasteiger partial charge is 0.255 e. The summed E-state index contributed by atoms with van der Waals surface area (Å²) < 4.78 is 0. The average molecular weight is 252 g/mol. The lowest BCUT2D eigenvalue weighted by molar-refractivity contribution is 0.0929. The van der Waals surface area contributed by atoms with E-state index in [0.717, 1.165) is 0 Å². The van der Waals surface area contributed by atoms with E-state index in [2.05, 4.69) is 5.32 Å². The van der Waals surface area contributed by atoms with Gasteiger partial charge in [-0.25, -0.2) is 0 Å². The van der Waals surface area contributed by atoms with E-state index in [1.165, 1.54) is 0 Å². The second-order valence-corrected chi connectivity index (χ2v) is 4.85. The summed E-state index contributed by atoms with van der Waals surface area (Å²) in [5.74, 6) is -0.423. The summed E-state index contributed by atoms with van der Waals surface area (Å²) in [7, 11) is 0. The zero-order chi connectivity index (χ0) is 13.2. The molecule has 0 aliphatic carbocycles. The van der Waals surface area contributed by atoms with Crippen molar-refractivity contribution in [3.63, 3.8) is 0 Å². The number of thiocarbonyl (C=S) groups is 1. The topological polar surface area (TPSA) is 75.4 Å². The lowest BCUT2D eigenvalue weighted by Gasteiger charge is -2.25. The van der Waals surface area contributed by atoms with E-state index < -0.39 is 11.4 Å². The minimum atomic E-state index is -0.789. The summed E-state index contributed by atoms with van der Waals surface area (Å²) >= 11 is 4.86. The molecule has 0 fully saturated rings. The number of benzene rings is 1. The van der Waals surface area contributed by atoms with Gasteiger partial charge in [0.25, 0.3) is 5.91 Å². The summed E-state index contributed by atoms with van der Waals surface area (Å²) in [6.07, 6.45) is 0. The fourth-order valence-corrected chi connectivity index (χ4v) is 1.31. The Bertz CT molecular complexity index is 470. The molecule has 4 N–H and O–H groups in total. The molecule has 0 aromatic heterocycles. The van der Waals surface area contributed by atoms with Crippen LogP contribution in [0.3, 0.4) is 0 Å². The predicted molar refractivity (Wildman–Crippen MR) is 71.2 cm³/mol. The molecule has 1 rings (SSSR count). The number of amides is 1. The number of para-hydroxylation sites is 1. The second-order valence-electron chi connectivity index (χ2n) is 4.41. The summed E-state index contributed by atoms with van der Waals surface area (Å²) in [6.45, 7) is 5.14. The fraction of sp³-hybridized carbons (Fsp3) is 0.333. The lowest BCUT2D eigenvalue weighted by atomic mass is 10.0. The molecule has 0 radical (unpaired) electrons. The van der Waals surface area contributed by atoms with E-state index in [-0.39, 0.29) is 16.3 Å². The highest BCUT2D eigenvalue weighted by molar-refractivity contribution is 7.80. The molecule has 0 unspecified atom stereocenters. The van der Waals surface area contributed by atoms with Crippen LogP contribution >= 0.6 is 12.2 Å². The lowest BCUT2D eigenvalue weighted by Crippen LogP contribution is -2.52. The highest BCUT2D eigenvalue weighted by atomic mass is 32.1. The Labute approximate surface area is 106 Å². The highest BCUT2D eigenvalue weighted by Gasteiger charge is 2.25. The van der Waals surface area contributed by atoms with Crippen LogP contribution in [0.5, 0.6) is 5.75 Å². The van der Waals surface area contributed by atoms with Gasteiger partial charge in [0.2, 0.25) is 0 Å². The van der Waals surface area contributed by atoms with E-state index in [0.29, 0.717) is 5.56 Å².